The summed E-state index contributed by atoms with van der Waals surface area (Å²) in [5, 5.41) is 4.20. The first kappa shape index (κ1) is 19.8. The lowest BCUT2D eigenvalue weighted by atomic mass is 10.2. The second-order valence-electron chi connectivity index (χ2n) is 7.51. The second kappa shape index (κ2) is 8.48. The summed E-state index contributed by atoms with van der Waals surface area (Å²) in [5.41, 5.74) is 4.26. The Labute approximate surface area is 172 Å². The maximum atomic E-state index is 12.5. The van der Waals surface area contributed by atoms with Gasteiger partial charge in [0.15, 0.2) is 11.2 Å². The van der Waals surface area contributed by atoms with Gasteiger partial charge in [-0.15, -0.1) is 0 Å². The quantitative estimate of drug-likeness (QED) is 0.601. The fourth-order valence-electron chi connectivity index (χ4n) is 3.72. The van der Waals surface area contributed by atoms with Crippen molar-refractivity contribution in [2.24, 2.45) is 12.1 Å². The Bertz CT molecular complexity index is 1210. The lowest BCUT2D eigenvalue weighted by molar-refractivity contribution is -0.121. The van der Waals surface area contributed by atoms with Crippen LogP contribution in [0.2, 0.25) is 0 Å². The topological polar surface area (TPSA) is 114 Å². The minimum Gasteiger partial charge on any atom is -0.318 e. The van der Waals surface area contributed by atoms with Crippen molar-refractivity contribution in [3.63, 3.8) is 0 Å². The zero-order valence-corrected chi connectivity index (χ0v) is 16.9. The Morgan fingerprint density at radius 2 is 1.93 bits per heavy atom. The first-order chi connectivity index (χ1) is 14.5. The molecule has 1 aromatic carbocycles. The number of aryl methyl sites for hydroxylation is 2. The van der Waals surface area contributed by atoms with Gasteiger partial charge in [0.2, 0.25) is 5.91 Å². The van der Waals surface area contributed by atoms with Crippen LogP contribution in [0.1, 0.15) is 43.5 Å². The van der Waals surface area contributed by atoms with Gasteiger partial charge in [-0.05, 0) is 31.2 Å². The molecule has 30 heavy (non-hydrogen) atoms. The van der Waals surface area contributed by atoms with Gasteiger partial charge in [0.25, 0.3) is 5.56 Å². The van der Waals surface area contributed by atoms with Crippen molar-refractivity contribution in [1.82, 2.24) is 24.5 Å². The molecular weight excluding hydrogens is 384 g/mol. The lowest BCUT2D eigenvalue weighted by Gasteiger charge is -2.09. The van der Waals surface area contributed by atoms with Crippen LogP contribution in [0, 0.1) is 0 Å². The summed E-state index contributed by atoms with van der Waals surface area (Å²) in [7, 11) is 1.56. The number of carbonyl (C=O) groups excluding carboxylic acids is 1. The smallest absolute Gasteiger partial charge is 0.318 e. The molecule has 9 heteroatoms. The van der Waals surface area contributed by atoms with E-state index in [0.29, 0.717) is 30.0 Å². The summed E-state index contributed by atoms with van der Waals surface area (Å²) in [6.07, 6.45) is 4.61. The maximum absolute atomic E-state index is 12.5. The number of nitrogens with one attached hydrogen (secondary N) is 2. The van der Waals surface area contributed by atoms with Gasteiger partial charge in [-0.25, -0.2) is 15.2 Å². The number of rotatable bonds is 6. The fraction of sp³-hybridized carbons (Fsp3) is 0.381. The van der Waals surface area contributed by atoms with E-state index < -0.39 is 11.2 Å². The molecule has 1 aliphatic rings. The van der Waals surface area contributed by atoms with Gasteiger partial charge in [-0.2, -0.15) is 5.10 Å². The molecule has 2 heterocycles. The molecule has 1 amide bonds. The molecule has 156 valence electrons. The van der Waals surface area contributed by atoms with E-state index in [1.54, 1.807) is 11.6 Å². The van der Waals surface area contributed by atoms with Gasteiger partial charge in [0.05, 0.1) is 0 Å². The largest absolute Gasteiger partial charge is 0.329 e. The Morgan fingerprint density at radius 1 is 1.20 bits per heavy atom. The van der Waals surface area contributed by atoms with Crippen LogP contribution >= 0.6 is 0 Å². The Hall–Kier alpha value is -3.49. The molecule has 1 aliphatic carbocycles. The van der Waals surface area contributed by atoms with Crippen LogP contribution in [0.25, 0.3) is 11.2 Å². The highest BCUT2D eigenvalue weighted by Gasteiger charge is 2.18. The van der Waals surface area contributed by atoms with E-state index in [2.05, 4.69) is 20.5 Å². The maximum Gasteiger partial charge on any atom is 0.329 e. The molecule has 2 aromatic heterocycles. The monoisotopic (exact) mass is 408 g/mol. The lowest BCUT2D eigenvalue weighted by Crippen LogP contribution is -2.29. The second-order valence-corrected chi connectivity index (χ2v) is 7.51. The van der Waals surface area contributed by atoms with E-state index in [1.165, 1.54) is 4.57 Å². The third-order valence-corrected chi connectivity index (χ3v) is 5.36. The number of amides is 1. The Morgan fingerprint density at radius 3 is 2.67 bits per heavy atom. The highest BCUT2D eigenvalue weighted by molar-refractivity contribution is 5.87. The van der Waals surface area contributed by atoms with Crippen molar-refractivity contribution in [2.75, 3.05) is 0 Å². The van der Waals surface area contributed by atoms with E-state index in [-0.39, 0.29) is 12.3 Å². The zero-order chi connectivity index (χ0) is 21.1. The van der Waals surface area contributed by atoms with E-state index in [4.69, 9.17) is 0 Å². The molecule has 9 nitrogen and oxygen atoms in total. The molecule has 0 spiro atoms. The van der Waals surface area contributed by atoms with E-state index in [1.807, 2.05) is 30.3 Å². The number of aromatic nitrogens is 4. The SMILES string of the molecule is Cn1c(=O)[nH]c(=O)c2c1nc(CCC(=O)NN=C1CCCC1)n2Cc1ccccc1. The number of hydrogen-bond acceptors (Lipinski definition) is 5. The molecule has 1 saturated carbocycles. The first-order valence-corrected chi connectivity index (χ1v) is 10.1. The number of imidazole rings is 1. The van der Waals surface area contributed by atoms with Crippen molar-refractivity contribution in [2.45, 2.75) is 45.1 Å². The number of fused-ring (bicyclic) bond motifs is 1. The molecule has 0 unspecified atom stereocenters. The molecule has 0 bridgehead atoms. The van der Waals surface area contributed by atoms with E-state index in [9.17, 15) is 14.4 Å². The average Bonchev–Trinajstić information content (AvgIpc) is 3.38. The number of H-pyrrole nitrogens is 1. The molecule has 0 atom stereocenters. The van der Waals surface area contributed by atoms with Crippen molar-refractivity contribution in [1.29, 1.82) is 0 Å². The Balaban J connectivity index is 1.63. The Kier molecular flexibility index (Phi) is 5.60. The van der Waals surface area contributed by atoms with Crippen LogP contribution in [0.3, 0.4) is 0 Å². The minimum atomic E-state index is -0.520. The molecule has 4 rings (SSSR count). The van der Waals surface area contributed by atoms with Crippen LogP contribution in [0.5, 0.6) is 0 Å². The van der Waals surface area contributed by atoms with E-state index >= 15 is 0 Å². The van der Waals surface area contributed by atoms with Crippen LogP contribution in [0.4, 0.5) is 0 Å². The molecular formula is C21H24N6O3. The van der Waals surface area contributed by atoms with Gasteiger partial charge in [-0.3, -0.25) is 19.1 Å². The van der Waals surface area contributed by atoms with Crippen LogP contribution < -0.4 is 16.7 Å². The standard InChI is InChI=1S/C21H24N6O3/c1-26-19-18(20(29)23-21(26)30)27(13-14-7-3-2-4-8-14)16(22-19)11-12-17(28)25-24-15-9-5-6-10-15/h2-4,7-8H,5-6,9-13H2,1H3,(H,25,28)(H,23,29,30). The third kappa shape index (κ3) is 4.10. The van der Waals surface area contributed by atoms with Crippen LogP contribution in [-0.2, 0) is 24.8 Å². The molecule has 3 aromatic rings. The average molecular weight is 408 g/mol. The van der Waals surface area contributed by atoms with Crippen molar-refractivity contribution >= 4 is 22.8 Å². The van der Waals surface area contributed by atoms with Gasteiger partial charge in [0, 0.05) is 32.1 Å². The van der Waals surface area contributed by atoms with Crippen molar-refractivity contribution in [3.8, 4) is 0 Å². The number of aromatic amines is 1. The zero-order valence-electron chi connectivity index (χ0n) is 16.9. The molecule has 0 radical (unpaired) electrons. The summed E-state index contributed by atoms with van der Waals surface area (Å²) < 4.78 is 3.09. The van der Waals surface area contributed by atoms with Gasteiger partial charge >= 0.3 is 5.69 Å². The summed E-state index contributed by atoms with van der Waals surface area (Å²) in [6.45, 7) is 0.415. The first-order valence-electron chi connectivity index (χ1n) is 10.1. The summed E-state index contributed by atoms with van der Waals surface area (Å²) in [6, 6.07) is 9.67. The number of hydrazone groups is 1. The fourth-order valence-corrected chi connectivity index (χ4v) is 3.72. The highest BCUT2D eigenvalue weighted by Crippen LogP contribution is 2.16. The molecule has 0 saturated heterocycles. The summed E-state index contributed by atoms with van der Waals surface area (Å²) in [4.78, 5) is 43.7. The summed E-state index contributed by atoms with van der Waals surface area (Å²) in [5.74, 6) is 0.375. The minimum absolute atomic E-state index is 0.181. The number of benzene rings is 1. The predicted octanol–water partition coefficient (Wildman–Crippen LogP) is 1.45. The van der Waals surface area contributed by atoms with Gasteiger partial charge < -0.3 is 4.57 Å². The van der Waals surface area contributed by atoms with Crippen molar-refractivity contribution in [3.05, 3.63) is 62.6 Å². The van der Waals surface area contributed by atoms with Crippen LogP contribution in [-0.4, -0.2) is 30.7 Å². The highest BCUT2D eigenvalue weighted by atomic mass is 16.2. The normalized spacial score (nSPS) is 13.7. The van der Waals surface area contributed by atoms with Gasteiger partial charge in [0.1, 0.15) is 5.82 Å². The molecule has 1 fully saturated rings. The number of hydrogen-bond donors (Lipinski definition) is 2. The van der Waals surface area contributed by atoms with Crippen molar-refractivity contribution < 1.29 is 4.79 Å². The molecule has 0 aliphatic heterocycles. The van der Waals surface area contributed by atoms with Crippen LogP contribution in [0.15, 0.2) is 45.0 Å². The predicted molar refractivity (Wildman–Crippen MR) is 114 cm³/mol. The number of carbonyl (C=O) groups is 1. The number of nitrogens with zero attached hydrogens (tertiary/aromatic N) is 4. The summed E-state index contributed by atoms with van der Waals surface area (Å²) >= 11 is 0. The van der Waals surface area contributed by atoms with Gasteiger partial charge in [-0.1, -0.05) is 30.3 Å². The third-order valence-electron chi connectivity index (χ3n) is 5.36. The molecule has 2 N–H and O–H groups in total. The van der Waals surface area contributed by atoms with E-state index in [0.717, 1.165) is 37.0 Å².